The lowest BCUT2D eigenvalue weighted by Gasteiger charge is -2.32. The molecule has 0 N–H and O–H groups in total. The summed E-state index contributed by atoms with van der Waals surface area (Å²) in [6, 6.07) is 8.79. The standard InChI is InChI=1S/C15H16O/c1-9-6-7-12-13(8-9)15-11-5-3-2-4-10(11)14(12)16-15/h2-6,12-15H,7-8H2,1H3/t12-,13-,14-,15-/m0/s1. The molecule has 0 saturated carbocycles. The van der Waals surface area contributed by atoms with Gasteiger partial charge in [-0.05, 0) is 42.7 Å². The minimum absolute atomic E-state index is 0.384. The summed E-state index contributed by atoms with van der Waals surface area (Å²) < 4.78 is 6.20. The van der Waals surface area contributed by atoms with Crippen molar-refractivity contribution in [3.8, 4) is 0 Å². The first-order chi connectivity index (χ1) is 7.84. The third kappa shape index (κ3) is 0.997. The minimum Gasteiger partial charge on any atom is -0.365 e. The van der Waals surface area contributed by atoms with Gasteiger partial charge >= 0.3 is 0 Å². The quantitative estimate of drug-likeness (QED) is 0.594. The summed E-state index contributed by atoms with van der Waals surface area (Å²) in [4.78, 5) is 0. The first-order valence-electron chi connectivity index (χ1n) is 6.24. The topological polar surface area (TPSA) is 9.23 Å². The van der Waals surface area contributed by atoms with Crippen LogP contribution in [0.2, 0.25) is 0 Å². The van der Waals surface area contributed by atoms with E-state index in [1.165, 1.54) is 24.0 Å². The lowest BCUT2D eigenvalue weighted by Crippen LogP contribution is -2.24. The average Bonchev–Trinajstić information content (AvgIpc) is 2.85. The van der Waals surface area contributed by atoms with Gasteiger partial charge < -0.3 is 4.74 Å². The largest absolute Gasteiger partial charge is 0.365 e. The molecule has 16 heavy (non-hydrogen) atoms. The molecule has 1 aromatic carbocycles. The van der Waals surface area contributed by atoms with Crippen molar-refractivity contribution in [3.63, 3.8) is 0 Å². The molecule has 1 heteroatoms. The monoisotopic (exact) mass is 212 g/mol. The van der Waals surface area contributed by atoms with Gasteiger partial charge in [0.1, 0.15) is 0 Å². The van der Waals surface area contributed by atoms with E-state index in [0.717, 1.165) is 11.8 Å². The number of rotatable bonds is 0. The van der Waals surface area contributed by atoms with E-state index in [-0.39, 0.29) is 0 Å². The van der Waals surface area contributed by atoms with Gasteiger partial charge in [0.05, 0.1) is 12.2 Å². The van der Waals surface area contributed by atoms with E-state index in [2.05, 4.69) is 37.3 Å². The van der Waals surface area contributed by atoms with Crippen molar-refractivity contribution in [2.24, 2.45) is 11.8 Å². The summed E-state index contributed by atoms with van der Waals surface area (Å²) in [7, 11) is 0. The van der Waals surface area contributed by atoms with Crippen molar-refractivity contribution in [2.75, 3.05) is 0 Å². The second-order valence-electron chi connectivity index (χ2n) is 5.42. The van der Waals surface area contributed by atoms with Crippen molar-refractivity contribution in [3.05, 3.63) is 47.0 Å². The molecule has 1 fully saturated rings. The Morgan fingerprint density at radius 3 is 2.50 bits per heavy atom. The highest BCUT2D eigenvalue weighted by Crippen LogP contribution is 2.60. The Balaban J connectivity index is 1.81. The molecule has 2 aliphatic heterocycles. The number of benzene rings is 1. The van der Waals surface area contributed by atoms with Crippen LogP contribution in [0, 0.1) is 11.8 Å². The van der Waals surface area contributed by atoms with Gasteiger partial charge in [0, 0.05) is 0 Å². The van der Waals surface area contributed by atoms with Crippen LogP contribution in [0.5, 0.6) is 0 Å². The molecule has 82 valence electrons. The van der Waals surface area contributed by atoms with Crippen molar-refractivity contribution >= 4 is 0 Å². The zero-order chi connectivity index (χ0) is 10.7. The molecule has 1 aromatic rings. The lowest BCUT2D eigenvalue weighted by atomic mass is 9.69. The molecular weight excluding hydrogens is 196 g/mol. The maximum atomic E-state index is 6.20. The summed E-state index contributed by atoms with van der Waals surface area (Å²) in [5.41, 5.74) is 4.47. The molecule has 0 amide bonds. The summed E-state index contributed by atoms with van der Waals surface area (Å²) in [5, 5.41) is 0. The second kappa shape index (κ2) is 2.98. The van der Waals surface area contributed by atoms with Crippen LogP contribution in [0.4, 0.5) is 0 Å². The van der Waals surface area contributed by atoms with Crippen LogP contribution >= 0.6 is 0 Å². The molecule has 2 heterocycles. The highest BCUT2D eigenvalue weighted by Gasteiger charge is 2.52. The third-order valence-electron chi connectivity index (χ3n) is 4.53. The van der Waals surface area contributed by atoms with E-state index in [1.54, 1.807) is 5.57 Å². The molecule has 0 radical (unpaired) electrons. The minimum atomic E-state index is 0.384. The van der Waals surface area contributed by atoms with Crippen molar-refractivity contribution in [1.82, 2.24) is 0 Å². The van der Waals surface area contributed by atoms with Crippen LogP contribution in [-0.4, -0.2) is 0 Å². The number of hydrogen-bond donors (Lipinski definition) is 0. The summed E-state index contributed by atoms with van der Waals surface area (Å²) in [6.07, 6.45) is 5.63. The molecule has 2 bridgehead atoms. The van der Waals surface area contributed by atoms with E-state index in [9.17, 15) is 0 Å². The molecule has 1 saturated heterocycles. The van der Waals surface area contributed by atoms with Crippen molar-refractivity contribution < 1.29 is 4.74 Å². The Hall–Kier alpha value is -1.08. The number of allylic oxidation sites excluding steroid dienone is 2. The van der Waals surface area contributed by atoms with Crippen molar-refractivity contribution in [1.29, 1.82) is 0 Å². The van der Waals surface area contributed by atoms with Gasteiger partial charge in [-0.3, -0.25) is 0 Å². The van der Waals surface area contributed by atoms with Gasteiger partial charge in [-0.15, -0.1) is 0 Å². The summed E-state index contributed by atoms with van der Waals surface area (Å²) in [6.45, 7) is 2.26. The summed E-state index contributed by atoms with van der Waals surface area (Å²) >= 11 is 0. The van der Waals surface area contributed by atoms with Crippen molar-refractivity contribution in [2.45, 2.75) is 32.0 Å². The predicted molar refractivity (Wildman–Crippen MR) is 63.0 cm³/mol. The van der Waals surface area contributed by atoms with E-state index in [0.29, 0.717) is 12.2 Å². The Morgan fingerprint density at radius 1 is 1.06 bits per heavy atom. The van der Waals surface area contributed by atoms with E-state index in [1.807, 2.05) is 0 Å². The fraction of sp³-hybridized carbons (Fsp3) is 0.467. The normalized spacial score (nSPS) is 39.2. The van der Waals surface area contributed by atoms with Crippen LogP contribution in [-0.2, 0) is 4.74 Å². The Bertz CT molecular complexity index is 474. The van der Waals surface area contributed by atoms with E-state index in [4.69, 9.17) is 4.74 Å². The van der Waals surface area contributed by atoms with Crippen LogP contribution in [0.25, 0.3) is 0 Å². The SMILES string of the molecule is CC1=CC[C@H]2[C@H](C1)[C@H]1O[C@H]2c2ccccc21. The van der Waals surface area contributed by atoms with Gasteiger partial charge in [0.25, 0.3) is 0 Å². The van der Waals surface area contributed by atoms with Gasteiger partial charge in [-0.25, -0.2) is 0 Å². The number of fused-ring (bicyclic) bond motifs is 8. The van der Waals surface area contributed by atoms with Crippen LogP contribution in [0.3, 0.4) is 0 Å². The predicted octanol–water partition coefficient (Wildman–Crippen LogP) is 3.79. The highest BCUT2D eigenvalue weighted by atomic mass is 16.5. The average molecular weight is 212 g/mol. The molecule has 0 spiro atoms. The maximum absolute atomic E-state index is 6.20. The van der Waals surface area contributed by atoms with Crippen LogP contribution in [0.15, 0.2) is 35.9 Å². The Labute approximate surface area is 96.1 Å². The Kier molecular flexibility index (Phi) is 1.68. The number of hydrogen-bond acceptors (Lipinski definition) is 1. The first kappa shape index (κ1) is 9.00. The molecule has 4 atom stereocenters. The summed E-state index contributed by atoms with van der Waals surface area (Å²) in [5.74, 6) is 1.48. The maximum Gasteiger partial charge on any atom is 0.0872 e. The molecular formula is C15H16O. The fourth-order valence-electron chi connectivity index (χ4n) is 3.79. The zero-order valence-corrected chi connectivity index (χ0v) is 9.52. The van der Waals surface area contributed by atoms with Gasteiger partial charge in [-0.2, -0.15) is 0 Å². The molecule has 0 aromatic heterocycles. The van der Waals surface area contributed by atoms with Gasteiger partial charge in [-0.1, -0.05) is 35.9 Å². The molecule has 1 nitrogen and oxygen atoms in total. The fourth-order valence-corrected chi connectivity index (χ4v) is 3.79. The molecule has 0 unspecified atom stereocenters. The molecule has 1 aliphatic carbocycles. The third-order valence-corrected chi connectivity index (χ3v) is 4.53. The zero-order valence-electron chi connectivity index (χ0n) is 9.52. The van der Waals surface area contributed by atoms with Crippen LogP contribution in [0.1, 0.15) is 43.1 Å². The van der Waals surface area contributed by atoms with E-state index >= 15 is 0 Å². The number of ether oxygens (including phenoxy) is 1. The first-order valence-corrected chi connectivity index (χ1v) is 6.24. The molecule has 4 rings (SSSR count). The van der Waals surface area contributed by atoms with Gasteiger partial charge in [0.15, 0.2) is 0 Å². The van der Waals surface area contributed by atoms with Crippen LogP contribution < -0.4 is 0 Å². The van der Waals surface area contributed by atoms with E-state index < -0.39 is 0 Å². The smallest absolute Gasteiger partial charge is 0.0872 e. The molecule has 3 aliphatic rings. The second-order valence-corrected chi connectivity index (χ2v) is 5.42. The van der Waals surface area contributed by atoms with Gasteiger partial charge in [0.2, 0.25) is 0 Å². The lowest BCUT2D eigenvalue weighted by molar-refractivity contribution is 0.0546. The Morgan fingerprint density at radius 2 is 1.75 bits per heavy atom. The highest BCUT2D eigenvalue weighted by molar-refractivity contribution is 5.39.